The summed E-state index contributed by atoms with van der Waals surface area (Å²) < 4.78 is 10.9. The van der Waals surface area contributed by atoms with E-state index in [1.807, 2.05) is 6.07 Å². The van der Waals surface area contributed by atoms with Gasteiger partial charge in [0.05, 0.1) is 18.5 Å². The molecule has 1 aromatic rings. The third-order valence-electron chi connectivity index (χ3n) is 4.79. The van der Waals surface area contributed by atoms with Crippen LogP contribution in [0.5, 0.6) is 5.75 Å². The predicted molar refractivity (Wildman–Crippen MR) is 112 cm³/mol. The van der Waals surface area contributed by atoms with Crippen molar-refractivity contribution >= 4 is 35.1 Å². The van der Waals surface area contributed by atoms with Crippen molar-refractivity contribution in [3.8, 4) is 5.75 Å². The van der Waals surface area contributed by atoms with E-state index < -0.39 is 17.7 Å². The van der Waals surface area contributed by atoms with Gasteiger partial charge >= 0.3 is 6.09 Å². The Morgan fingerprint density at radius 3 is 2.50 bits per heavy atom. The van der Waals surface area contributed by atoms with Crippen molar-refractivity contribution in [3.05, 3.63) is 12.1 Å². The molecule has 7 nitrogen and oxygen atoms in total. The number of likely N-dealkylation sites (N-methyl/N-ethyl adjacent to an activating group) is 1. The average molecular weight is 408 g/mol. The topological polar surface area (TPSA) is 71.1 Å². The summed E-state index contributed by atoms with van der Waals surface area (Å²) >= 11 is 1.56. The molecule has 0 saturated carbocycles. The SMILES string of the molecule is COc1cc2c(cc1N1CCCC1)SC[C@H](NC(=O)OC(C)(C)C)C(=O)N2C. The lowest BCUT2D eigenvalue weighted by Crippen LogP contribution is -2.49. The first kappa shape index (κ1) is 20.6. The Kier molecular flexibility index (Phi) is 5.98. The van der Waals surface area contributed by atoms with Crippen LogP contribution < -0.4 is 19.9 Å². The molecule has 1 fully saturated rings. The number of amides is 2. The van der Waals surface area contributed by atoms with E-state index in [2.05, 4.69) is 16.3 Å². The maximum atomic E-state index is 12.9. The molecule has 2 aliphatic rings. The Hall–Kier alpha value is -2.09. The molecule has 2 aliphatic heterocycles. The highest BCUT2D eigenvalue weighted by Crippen LogP contribution is 2.43. The van der Waals surface area contributed by atoms with Gasteiger partial charge in [-0.1, -0.05) is 0 Å². The van der Waals surface area contributed by atoms with E-state index in [-0.39, 0.29) is 5.91 Å². The van der Waals surface area contributed by atoms with E-state index >= 15 is 0 Å². The van der Waals surface area contributed by atoms with Gasteiger partial charge in [0.2, 0.25) is 5.91 Å². The number of thioether (sulfide) groups is 1. The highest BCUT2D eigenvalue weighted by Gasteiger charge is 2.32. The fraction of sp³-hybridized carbons (Fsp3) is 0.600. The first-order valence-corrected chi connectivity index (χ1v) is 10.5. The molecule has 8 heteroatoms. The van der Waals surface area contributed by atoms with Crippen LogP contribution >= 0.6 is 11.8 Å². The minimum Gasteiger partial charge on any atom is -0.495 e. The zero-order valence-corrected chi connectivity index (χ0v) is 18.0. The molecule has 28 heavy (non-hydrogen) atoms. The smallest absolute Gasteiger partial charge is 0.408 e. The van der Waals surface area contributed by atoms with Crippen LogP contribution in [0, 0.1) is 0 Å². The number of hydrogen-bond donors (Lipinski definition) is 1. The number of rotatable bonds is 3. The molecule has 0 bridgehead atoms. The quantitative estimate of drug-likeness (QED) is 0.829. The molecular weight excluding hydrogens is 378 g/mol. The number of methoxy groups -OCH3 is 1. The highest BCUT2D eigenvalue weighted by atomic mass is 32.2. The normalized spacial score (nSPS) is 19.9. The maximum absolute atomic E-state index is 12.9. The Morgan fingerprint density at radius 2 is 1.89 bits per heavy atom. The van der Waals surface area contributed by atoms with E-state index in [1.54, 1.807) is 51.6 Å². The first-order valence-electron chi connectivity index (χ1n) is 9.56. The van der Waals surface area contributed by atoms with Crippen LogP contribution in [0.2, 0.25) is 0 Å². The number of nitrogens with zero attached hydrogens (tertiary/aromatic N) is 2. The van der Waals surface area contributed by atoms with Crippen molar-refractivity contribution in [1.29, 1.82) is 0 Å². The summed E-state index contributed by atoms with van der Waals surface area (Å²) in [6.45, 7) is 7.41. The average Bonchev–Trinajstić information content (AvgIpc) is 3.12. The van der Waals surface area contributed by atoms with E-state index in [9.17, 15) is 9.59 Å². The molecule has 1 atom stereocenters. The predicted octanol–water partition coefficient (Wildman–Crippen LogP) is 3.26. The standard InChI is InChI=1S/C20H29N3O4S/c1-20(2,3)27-19(25)21-13-12-28-17-11-14(23-8-6-7-9-23)16(26-5)10-15(17)22(4)18(13)24/h10-11,13H,6-9,12H2,1-5H3,(H,21,25)/t13-/m0/s1. The van der Waals surface area contributed by atoms with Crippen LogP contribution in [0.15, 0.2) is 17.0 Å². The van der Waals surface area contributed by atoms with Gasteiger partial charge in [-0.25, -0.2) is 4.79 Å². The van der Waals surface area contributed by atoms with Crippen LogP contribution in [-0.4, -0.2) is 56.6 Å². The fourth-order valence-electron chi connectivity index (χ4n) is 3.43. The lowest BCUT2D eigenvalue weighted by Gasteiger charge is -2.26. The van der Waals surface area contributed by atoms with Gasteiger partial charge in [0.15, 0.2) is 0 Å². The van der Waals surface area contributed by atoms with Crippen LogP contribution in [0.25, 0.3) is 0 Å². The molecule has 1 aromatic carbocycles. The fourth-order valence-corrected chi connectivity index (χ4v) is 4.55. The van der Waals surface area contributed by atoms with E-state index in [1.165, 1.54) is 12.8 Å². The Balaban J connectivity index is 1.84. The van der Waals surface area contributed by atoms with Gasteiger partial charge < -0.3 is 24.6 Å². The summed E-state index contributed by atoms with van der Waals surface area (Å²) in [5.41, 5.74) is 1.24. The van der Waals surface area contributed by atoms with Gasteiger partial charge in [0.25, 0.3) is 0 Å². The van der Waals surface area contributed by atoms with Crippen LogP contribution in [0.3, 0.4) is 0 Å². The summed E-state index contributed by atoms with van der Waals surface area (Å²) in [4.78, 5) is 30.0. The van der Waals surface area contributed by atoms with Crippen molar-refractivity contribution in [1.82, 2.24) is 5.32 Å². The summed E-state index contributed by atoms with van der Waals surface area (Å²) in [7, 11) is 3.38. The number of hydrogen-bond acceptors (Lipinski definition) is 6. The van der Waals surface area contributed by atoms with Gasteiger partial charge in [-0.05, 0) is 39.7 Å². The number of nitrogens with one attached hydrogen (secondary N) is 1. The second-order valence-electron chi connectivity index (χ2n) is 8.09. The van der Waals surface area contributed by atoms with Crippen molar-refractivity contribution in [2.75, 3.05) is 42.8 Å². The van der Waals surface area contributed by atoms with Crippen LogP contribution in [-0.2, 0) is 9.53 Å². The number of anilines is 2. The summed E-state index contributed by atoms with van der Waals surface area (Å²) in [5.74, 6) is 1.04. The second kappa shape index (κ2) is 8.11. The molecule has 0 aliphatic carbocycles. The lowest BCUT2D eigenvalue weighted by molar-refractivity contribution is -0.119. The van der Waals surface area contributed by atoms with Crippen molar-refractivity contribution in [2.45, 2.75) is 50.2 Å². The molecular formula is C20H29N3O4S. The van der Waals surface area contributed by atoms with Gasteiger partial charge in [-0.2, -0.15) is 0 Å². The largest absolute Gasteiger partial charge is 0.495 e. The third-order valence-corrected chi connectivity index (χ3v) is 5.93. The molecule has 1 saturated heterocycles. The highest BCUT2D eigenvalue weighted by molar-refractivity contribution is 7.99. The summed E-state index contributed by atoms with van der Waals surface area (Å²) in [5, 5.41) is 2.71. The number of ether oxygens (including phenoxy) is 2. The van der Waals surface area contributed by atoms with E-state index in [4.69, 9.17) is 9.47 Å². The number of carbonyl (C=O) groups excluding carboxylic acids is 2. The zero-order valence-electron chi connectivity index (χ0n) is 17.2. The number of fused-ring (bicyclic) bond motifs is 1. The number of alkyl carbamates (subject to hydrolysis) is 1. The minimum absolute atomic E-state index is 0.173. The summed E-state index contributed by atoms with van der Waals surface area (Å²) in [6, 6.07) is 3.37. The Bertz CT molecular complexity index is 757. The monoisotopic (exact) mass is 407 g/mol. The Morgan fingerprint density at radius 1 is 1.21 bits per heavy atom. The summed E-state index contributed by atoms with van der Waals surface area (Å²) in [6.07, 6.45) is 1.77. The van der Waals surface area contributed by atoms with Gasteiger partial charge in [-0.3, -0.25) is 4.79 Å². The molecule has 154 valence electrons. The van der Waals surface area contributed by atoms with Crippen molar-refractivity contribution in [3.63, 3.8) is 0 Å². The van der Waals surface area contributed by atoms with Gasteiger partial charge in [-0.15, -0.1) is 11.8 Å². The number of carbonyl (C=O) groups is 2. The molecule has 2 heterocycles. The zero-order chi connectivity index (χ0) is 20.5. The van der Waals surface area contributed by atoms with Crippen LogP contribution in [0.1, 0.15) is 33.6 Å². The molecule has 2 amide bonds. The third kappa shape index (κ3) is 4.48. The first-order chi connectivity index (χ1) is 13.2. The van der Waals surface area contributed by atoms with E-state index in [0.29, 0.717) is 5.75 Å². The minimum atomic E-state index is -0.654. The van der Waals surface area contributed by atoms with Crippen molar-refractivity contribution < 1.29 is 19.1 Å². The van der Waals surface area contributed by atoms with Crippen molar-refractivity contribution in [2.24, 2.45) is 0 Å². The van der Waals surface area contributed by atoms with E-state index in [0.717, 1.165) is 35.1 Å². The molecule has 0 aromatic heterocycles. The lowest BCUT2D eigenvalue weighted by atomic mass is 10.2. The number of benzene rings is 1. The Labute approximate surface area is 170 Å². The second-order valence-corrected chi connectivity index (χ2v) is 9.15. The molecule has 0 spiro atoms. The molecule has 0 unspecified atom stereocenters. The van der Waals surface area contributed by atoms with Gasteiger partial charge in [0.1, 0.15) is 17.4 Å². The van der Waals surface area contributed by atoms with Crippen LogP contribution in [0.4, 0.5) is 16.2 Å². The van der Waals surface area contributed by atoms with Gasteiger partial charge in [0, 0.05) is 36.9 Å². The molecule has 1 N–H and O–H groups in total. The molecule has 0 radical (unpaired) electrons. The maximum Gasteiger partial charge on any atom is 0.408 e. The molecule has 3 rings (SSSR count).